The zero-order valence-corrected chi connectivity index (χ0v) is 13.1. The van der Waals surface area contributed by atoms with E-state index in [1.54, 1.807) is 34.7 Å². The lowest BCUT2D eigenvalue weighted by atomic mass is 10.0. The van der Waals surface area contributed by atoms with Gasteiger partial charge >= 0.3 is 0 Å². The molecule has 4 rings (SSSR count). The number of anilines is 1. The Hall–Kier alpha value is -2.61. The average molecular weight is 326 g/mol. The predicted molar refractivity (Wildman–Crippen MR) is 87.3 cm³/mol. The van der Waals surface area contributed by atoms with Crippen molar-refractivity contribution in [3.8, 4) is 11.3 Å². The Bertz CT molecular complexity index is 842. The van der Waals surface area contributed by atoms with Gasteiger partial charge in [-0.05, 0) is 18.2 Å². The molecule has 23 heavy (non-hydrogen) atoms. The number of hydrogen-bond donors (Lipinski definition) is 0. The summed E-state index contributed by atoms with van der Waals surface area (Å²) in [7, 11) is 0. The van der Waals surface area contributed by atoms with Gasteiger partial charge in [-0.2, -0.15) is 5.10 Å². The highest BCUT2D eigenvalue weighted by Gasteiger charge is 2.29. The molecule has 4 heterocycles. The second-order valence-corrected chi connectivity index (χ2v) is 6.28. The Labute approximate surface area is 136 Å². The molecular weight excluding hydrogens is 312 g/mol. The first kappa shape index (κ1) is 14.0. The molecule has 0 bridgehead atoms. The van der Waals surface area contributed by atoms with Crippen LogP contribution >= 0.6 is 11.3 Å². The van der Waals surface area contributed by atoms with Crippen molar-refractivity contribution in [2.24, 2.45) is 5.92 Å². The van der Waals surface area contributed by atoms with Crippen molar-refractivity contribution in [3.05, 3.63) is 52.5 Å². The molecule has 0 spiro atoms. The number of nitrogens with zero attached hydrogens (tertiary/aromatic N) is 6. The highest BCUT2D eigenvalue weighted by Crippen LogP contribution is 2.26. The summed E-state index contributed by atoms with van der Waals surface area (Å²) in [6.45, 7) is 2.37. The van der Waals surface area contributed by atoms with E-state index >= 15 is 0 Å². The maximum absolute atomic E-state index is 12.0. The summed E-state index contributed by atoms with van der Waals surface area (Å²) in [6, 6.07) is 7.10. The first-order valence-corrected chi connectivity index (χ1v) is 8.17. The Kier molecular flexibility index (Phi) is 3.58. The molecule has 7 nitrogen and oxygen atoms in total. The normalized spacial score (nSPS) is 14.7. The minimum atomic E-state index is -0.0721. The second kappa shape index (κ2) is 5.88. The van der Waals surface area contributed by atoms with Crippen molar-refractivity contribution >= 4 is 16.5 Å². The first-order valence-electron chi connectivity index (χ1n) is 7.29. The van der Waals surface area contributed by atoms with Crippen molar-refractivity contribution in [1.82, 2.24) is 25.0 Å². The number of aromatic nitrogens is 5. The minimum Gasteiger partial charge on any atom is -0.346 e. The highest BCUT2D eigenvalue weighted by atomic mass is 32.1. The van der Waals surface area contributed by atoms with Crippen LogP contribution in [0.4, 0.5) is 5.13 Å². The molecule has 0 N–H and O–H groups in total. The third kappa shape index (κ3) is 2.85. The van der Waals surface area contributed by atoms with Crippen LogP contribution in [0, 0.1) is 5.92 Å². The molecule has 0 aliphatic carbocycles. The van der Waals surface area contributed by atoms with Gasteiger partial charge in [0.05, 0.1) is 12.2 Å². The highest BCUT2D eigenvalue weighted by molar-refractivity contribution is 7.13. The zero-order valence-electron chi connectivity index (χ0n) is 12.2. The average Bonchev–Trinajstić information content (AvgIpc) is 3.07. The molecular formula is C15H14N6OS. The van der Waals surface area contributed by atoms with Gasteiger partial charge in [-0.1, -0.05) is 11.3 Å². The zero-order chi connectivity index (χ0) is 15.6. The second-order valence-electron chi connectivity index (χ2n) is 5.47. The summed E-state index contributed by atoms with van der Waals surface area (Å²) in [5.74, 6) is 0.400. The molecule has 0 aromatic carbocycles. The fraction of sp³-hybridized carbons (Fsp3) is 0.267. The standard InChI is InChI=1S/C15H14N6OS/c22-14-2-1-13(12-3-5-16-6-4-12)19-21(14)9-11-7-20(8-11)15-18-17-10-23-15/h1-6,10-11H,7-9H2. The van der Waals surface area contributed by atoms with Crippen molar-refractivity contribution in [2.75, 3.05) is 18.0 Å². The predicted octanol–water partition coefficient (Wildman–Crippen LogP) is 1.29. The van der Waals surface area contributed by atoms with Crippen LogP contribution in [0.2, 0.25) is 0 Å². The van der Waals surface area contributed by atoms with Crippen LogP contribution in [0.5, 0.6) is 0 Å². The molecule has 3 aromatic heterocycles. The van der Waals surface area contributed by atoms with Gasteiger partial charge in [-0.3, -0.25) is 9.78 Å². The molecule has 0 unspecified atom stereocenters. The lowest BCUT2D eigenvalue weighted by molar-refractivity contribution is 0.334. The third-order valence-corrected chi connectivity index (χ3v) is 4.60. The molecule has 0 amide bonds. The summed E-state index contributed by atoms with van der Waals surface area (Å²) in [5, 5.41) is 13.3. The summed E-state index contributed by atoms with van der Waals surface area (Å²) >= 11 is 1.53. The molecule has 0 atom stereocenters. The lowest BCUT2D eigenvalue weighted by Crippen LogP contribution is -2.49. The van der Waals surface area contributed by atoms with E-state index in [4.69, 9.17) is 0 Å². The van der Waals surface area contributed by atoms with Crippen LogP contribution in [0.1, 0.15) is 0 Å². The van der Waals surface area contributed by atoms with Crippen LogP contribution in [0.25, 0.3) is 11.3 Å². The van der Waals surface area contributed by atoms with Crippen LogP contribution < -0.4 is 10.5 Å². The number of pyridine rings is 1. The molecule has 3 aromatic rings. The van der Waals surface area contributed by atoms with Gasteiger partial charge in [0.2, 0.25) is 5.13 Å². The largest absolute Gasteiger partial charge is 0.346 e. The van der Waals surface area contributed by atoms with Crippen molar-refractivity contribution < 1.29 is 0 Å². The van der Waals surface area contributed by atoms with Gasteiger partial charge in [0.1, 0.15) is 5.51 Å². The maximum atomic E-state index is 12.0. The van der Waals surface area contributed by atoms with Crippen LogP contribution in [0.3, 0.4) is 0 Å². The van der Waals surface area contributed by atoms with Gasteiger partial charge in [-0.25, -0.2) is 4.68 Å². The summed E-state index contributed by atoms with van der Waals surface area (Å²) in [4.78, 5) is 18.2. The molecule has 0 radical (unpaired) electrons. The van der Waals surface area contributed by atoms with Crippen LogP contribution in [-0.4, -0.2) is 38.1 Å². The molecule has 1 saturated heterocycles. The van der Waals surface area contributed by atoms with E-state index in [0.717, 1.165) is 29.5 Å². The van der Waals surface area contributed by atoms with Gasteiger partial charge < -0.3 is 4.90 Å². The lowest BCUT2D eigenvalue weighted by Gasteiger charge is -2.38. The van der Waals surface area contributed by atoms with Crippen molar-refractivity contribution in [1.29, 1.82) is 0 Å². The van der Waals surface area contributed by atoms with Crippen LogP contribution in [-0.2, 0) is 6.54 Å². The number of rotatable bonds is 4. The first-order chi connectivity index (χ1) is 11.3. The molecule has 8 heteroatoms. The Morgan fingerprint density at radius 3 is 2.74 bits per heavy atom. The Balaban J connectivity index is 1.48. The molecule has 1 aliphatic rings. The fourth-order valence-corrected chi connectivity index (χ4v) is 3.23. The smallest absolute Gasteiger partial charge is 0.266 e. The fourth-order valence-electron chi connectivity index (χ4n) is 2.65. The van der Waals surface area contributed by atoms with E-state index in [1.807, 2.05) is 12.1 Å². The molecule has 116 valence electrons. The molecule has 1 aliphatic heterocycles. The molecule has 0 saturated carbocycles. The van der Waals surface area contributed by atoms with Crippen LogP contribution in [0.15, 0.2) is 47.0 Å². The summed E-state index contributed by atoms with van der Waals surface area (Å²) < 4.78 is 1.55. The topological polar surface area (TPSA) is 76.8 Å². The van der Waals surface area contributed by atoms with E-state index in [-0.39, 0.29) is 5.56 Å². The van der Waals surface area contributed by atoms with E-state index in [1.165, 1.54) is 11.3 Å². The number of hydrogen-bond acceptors (Lipinski definition) is 7. The molecule has 1 fully saturated rings. The van der Waals surface area contributed by atoms with E-state index < -0.39 is 0 Å². The quantitative estimate of drug-likeness (QED) is 0.719. The summed E-state index contributed by atoms with van der Waals surface area (Å²) in [5.41, 5.74) is 3.40. The minimum absolute atomic E-state index is 0.0721. The van der Waals surface area contributed by atoms with Crippen molar-refractivity contribution in [2.45, 2.75) is 6.54 Å². The van der Waals surface area contributed by atoms with Crippen molar-refractivity contribution in [3.63, 3.8) is 0 Å². The maximum Gasteiger partial charge on any atom is 0.266 e. The Morgan fingerprint density at radius 1 is 1.17 bits per heavy atom. The van der Waals surface area contributed by atoms with Gasteiger partial charge in [0, 0.05) is 43.0 Å². The third-order valence-electron chi connectivity index (χ3n) is 3.85. The Morgan fingerprint density at radius 2 is 2.00 bits per heavy atom. The van der Waals surface area contributed by atoms with E-state index in [9.17, 15) is 4.79 Å². The van der Waals surface area contributed by atoms with Gasteiger partial charge in [0.15, 0.2) is 0 Å². The van der Waals surface area contributed by atoms with E-state index in [0.29, 0.717) is 12.5 Å². The van der Waals surface area contributed by atoms with Gasteiger partial charge in [-0.15, -0.1) is 10.2 Å². The SMILES string of the molecule is O=c1ccc(-c2ccncc2)nn1CC1CN(c2nncs2)C1. The summed E-state index contributed by atoms with van der Waals surface area (Å²) in [6.07, 6.45) is 3.44. The monoisotopic (exact) mass is 326 g/mol. The van der Waals surface area contributed by atoms with Gasteiger partial charge in [0.25, 0.3) is 5.56 Å². The van der Waals surface area contributed by atoms with E-state index in [2.05, 4.69) is 25.2 Å².